The van der Waals surface area contributed by atoms with Crippen LogP contribution in [0.1, 0.15) is 13.3 Å². The number of ether oxygens (including phenoxy) is 1. The zero-order valence-electron chi connectivity index (χ0n) is 11.4. The van der Waals surface area contributed by atoms with Crippen molar-refractivity contribution in [3.05, 3.63) is 22.7 Å². The third-order valence-electron chi connectivity index (χ3n) is 2.51. The molecule has 6 nitrogen and oxygen atoms in total. The molecule has 1 rings (SSSR count). The van der Waals surface area contributed by atoms with E-state index in [0.29, 0.717) is 24.4 Å². The van der Waals surface area contributed by atoms with Crippen molar-refractivity contribution in [2.45, 2.75) is 13.3 Å². The van der Waals surface area contributed by atoms with Crippen molar-refractivity contribution in [3.8, 4) is 5.75 Å². The normalized spacial score (nSPS) is 9.95. The zero-order chi connectivity index (χ0) is 15.1. The second kappa shape index (κ2) is 7.74. The summed E-state index contributed by atoms with van der Waals surface area (Å²) in [6, 6.07) is 4.73. The maximum absolute atomic E-state index is 12.1. The van der Waals surface area contributed by atoms with Gasteiger partial charge in [0, 0.05) is 11.0 Å². The molecule has 0 aliphatic heterocycles. The number of carboxylic acids is 1. The lowest BCUT2D eigenvalue weighted by Gasteiger charge is -2.21. The Morgan fingerprint density at radius 1 is 1.45 bits per heavy atom. The highest BCUT2D eigenvalue weighted by Crippen LogP contribution is 2.28. The number of methoxy groups -OCH3 is 1. The van der Waals surface area contributed by atoms with Gasteiger partial charge in [-0.3, -0.25) is 4.79 Å². The molecule has 1 aromatic rings. The molecule has 7 heteroatoms. The summed E-state index contributed by atoms with van der Waals surface area (Å²) in [5.41, 5.74) is 0.485. The maximum atomic E-state index is 12.1. The summed E-state index contributed by atoms with van der Waals surface area (Å²) in [5, 5.41) is 11.5. The number of hydrogen-bond acceptors (Lipinski definition) is 3. The van der Waals surface area contributed by atoms with E-state index in [1.54, 1.807) is 18.2 Å². The third kappa shape index (κ3) is 4.73. The fourth-order valence-corrected chi connectivity index (χ4v) is 2.02. The molecule has 2 amide bonds. The van der Waals surface area contributed by atoms with Gasteiger partial charge in [0.15, 0.2) is 0 Å². The van der Waals surface area contributed by atoms with Gasteiger partial charge in [-0.25, -0.2) is 4.79 Å². The molecule has 110 valence electrons. The van der Waals surface area contributed by atoms with E-state index >= 15 is 0 Å². The fraction of sp³-hybridized carbons (Fsp3) is 0.385. The number of nitrogens with zero attached hydrogens (tertiary/aromatic N) is 1. The van der Waals surface area contributed by atoms with Crippen LogP contribution in [0.25, 0.3) is 0 Å². The molecular formula is C13H17BrN2O4. The Hall–Kier alpha value is -1.76. The first-order chi connectivity index (χ1) is 9.47. The van der Waals surface area contributed by atoms with Crippen molar-refractivity contribution < 1.29 is 19.4 Å². The van der Waals surface area contributed by atoms with Crippen LogP contribution in [0.15, 0.2) is 22.7 Å². The first kappa shape index (κ1) is 16.3. The smallest absolute Gasteiger partial charge is 0.323 e. The van der Waals surface area contributed by atoms with Crippen LogP contribution in [0.2, 0.25) is 0 Å². The molecule has 0 atom stereocenters. The number of hydrogen-bond donors (Lipinski definition) is 2. The largest absolute Gasteiger partial charge is 0.495 e. The summed E-state index contributed by atoms with van der Waals surface area (Å²) in [6.07, 6.45) is 0.677. The number of rotatable bonds is 6. The first-order valence-electron chi connectivity index (χ1n) is 6.09. The minimum Gasteiger partial charge on any atom is -0.495 e. The van der Waals surface area contributed by atoms with Crippen LogP contribution in [0.3, 0.4) is 0 Å². The van der Waals surface area contributed by atoms with Gasteiger partial charge < -0.3 is 20.1 Å². The van der Waals surface area contributed by atoms with Gasteiger partial charge in [0.1, 0.15) is 12.3 Å². The molecular weight excluding hydrogens is 328 g/mol. The third-order valence-corrected chi connectivity index (χ3v) is 3.00. The monoisotopic (exact) mass is 344 g/mol. The fourth-order valence-electron chi connectivity index (χ4n) is 1.66. The Morgan fingerprint density at radius 3 is 2.70 bits per heavy atom. The highest BCUT2D eigenvalue weighted by molar-refractivity contribution is 9.10. The molecule has 0 bridgehead atoms. The van der Waals surface area contributed by atoms with Gasteiger partial charge >= 0.3 is 12.0 Å². The van der Waals surface area contributed by atoms with Gasteiger partial charge in [-0.15, -0.1) is 0 Å². The van der Waals surface area contributed by atoms with Gasteiger partial charge in [-0.2, -0.15) is 0 Å². The number of carbonyl (C=O) groups excluding carboxylic acids is 1. The number of nitrogens with one attached hydrogen (secondary N) is 1. The van der Waals surface area contributed by atoms with Gasteiger partial charge in [-0.1, -0.05) is 22.9 Å². The van der Waals surface area contributed by atoms with Gasteiger partial charge in [0.2, 0.25) is 0 Å². The molecule has 2 N–H and O–H groups in total. The van der Waals surface area contributed by atoms with E-state index in [1.165, 1.54) is 12.0 Å². The van der Waals surface area contributed by atoms with E-state index in [0.717, 1.165) is 4.47 Å². The van der Waals surface area contributed by atoms with E-state index in [1.807, 2.05) is 6.92 Å². The Balaban J connectivity index is 2.86. The van der Waals surface area contributed by atoms with Crippen LogP contribution in [0.4, 0.5) is 10.5 Å². The van der Waals surface area contributed by atoms with E-state index in [9.17, 15) is 9.59 Å². The second-order valence-corrected chi connectivity index (χ2v) is 5.01. The molecule has 0 radical (unpaired) electrons. The van der Waals surface area contributed by atoms with E-state index in [-0.39, 0.29) is 6.54 Å². The number of anilines is 1. The minimum absolute atomic E-state index is 0.337. The number of carboxylic acid groups (broad SMARTS) is 1. The van der Waals surface area contributed by atoms with Crippen LogP contribution < -0.4 is 10.1 Å². The maximum Gasteiger partial charge on any atom is 0.323 e. The summed E-state index contributed by atoms with van der Waals surface area (Å²) >= 11 is 3.31. The Kier molecular flexibility index (Phi) is 6.30. The van der Waals surface area contributed by atoms with Crippen molar-refractivity contribution in [1.82, 2.24) is 4.90 Å². The van der Waals surface area contributed by atoms with Gasteiger partial charge in [0.25, 0.3) is 0 Å². The summed E-state index contributed by atoms with van der Waals surface area (Å²) in [6.45, 7) is 1.91. The number of carbonyl (C=O) groups is 2. The number of halogens is 1. The molecule has 20 heavy (non-hydrogen) atoms. The highest BCUT2D eigenvalue weighted by Gasteiger charge is 2.17. The topological polar surface area (TPSA) is 78.9 Å². The number of aliphatic carboxylic acids is 1. The molecule has 0 aromatic heterocycles. The lowest BCUT2D eigenvalue weighted by molar-refractivity contribution is -0.137. The first-order valence-corrected chi connectivity index (χ1v) is 6.88. The Labute approximate surface area is 125 Å². The van der Waals surface area contributed by atoms with Gasteiger partial charge in [0.05, 0.1) is 12.8 Å². The molecule has 0 unspecified atom stereocenters. The molecule has 0 heterocycles. The summed E-state index contributed by atoms with van der Waals surface area (Å²) < 4.78 is 5.94. The number of urea groups is 1. The SMILES string of the molecule is CCCN(CC(=O)O)C(=O)Nc1cc(Br)ccc1OC. The summed E-state index contributed by atoms with van der Waals surface area (Å²) in [4.78, 5) is 24.1. The molecule has 0 spiro atoms. The molecule has 1 aromatic carbocycles. The van der Waals surface area contributed by atoms with E-state index in [2.05, 4.69) is 21.2 Å². The Morgan fingerprint density at radius 2 is 2.15 bits per heavy atom. The average molecular weight is 345 g/mol. The van der Waals surface area contributed by atoms with Crippen molar-refractivity contribution >= 4 is 33.6 Å². The lowest BCUT2D eigenvalue weighted by atomic mass is 10.3. The molecule has 0 fully saturated rings. The van der Waals surface area contributed by atoms with Crippen LogP contribution in [0.5, 0.6) is 5.75 Å². The van der Waals surface area contributed by atoms with Gasteiger partial charge in [-0.05, 0) is 24.6 Å². The van der Waals surface area contributed by atoms with Crippen LogP contribution in [-0.4, -0.2) is 42.2 Å². The summed E-state index contributed by atoms with van der Waals surface area (Å²) in [7, 11) is 1.50. The van der Waals surface area contributed by atoms with Crippen molar-refractivity contribution in [2.75, 3.05) is 25.5 Å². The van der Waals surface area contributed by atoms with E-state index in [4.69, 9.17) is 9.84 Å². The van der Waals surface area contributed by atoms with Crippen molar-refractivity contribution in [3.63, 3.8) is 0 Å². The summed E-state index contributed by atoms with van der Waals surface area (Å²) in [5.74, 6) is -0.539. The van der Waals surface area contributed by atoms with Crippen LogP contribution in [-0.2, 0) is 4.79 Å². The minimum atomic E-state index is -1.05. The predicted octanol–water partition coefficient (Wildman–Crippen LogP) is 2.79. The standard InChI is InChI=1S/C13H17BrN2O4/c1-3-6-16(8-12(17)18)13(19)15-10-7-9(14)4-5-11(10)20-2/h4-5,7H,3,6,8H2,1-2H3,(H,15,19)(H,17,18). The number of benzene rings is 1. The Bertz CT molecular complexity index is 493. The highest BCUT2D eigenvalue weighted by atomic mass is 79.9. The second-order valence-electron chi connectivity index (χ2n) is 4.09. The average Bonchev–Trinajstić information content (AvgIpc) is 2.38. The van der Waals surface area contributed by atoms with E-state index < -0.39 is 12.0 Å². The van der Waals surface area contributed by atoms with Crippen LogP contribution in [0, 0.1) is 0 Å². The lowest BCUT2D eigenvalue weighted by Crippen LogP contribution is -2.39. The quantitative estimate of drug-likeness (QED) is 0.831. The van der Waals surface area contributed by atoms with Crippen molar-refractivity contribution in [2.24, 2.45) is 0 Å². The van der Waals surface area contributed by atoms with Crippen LogP contribution >= 0.6 is 15.9 Å². The zero-order valence-corrected chi connectivity index (χ0v) is 12.9. The molecule has 0 aliphatic rings. The molecule has 0 saturated heterocycles. The number of amides is 2. The van der Waals surface area contributed by atoms with Crippen molar-refractivity contribution in [1.29, 1.82) is 0 Å². The predicted molar refractivity (Wildman–Crippen MR) is 79.2 cm³/mol. The molecule has 0 aliphatic carbocycles. The molecule has 0 saturated carbocycles.